The summed E-state index contributed by atoms with van der Waals surface area (Å²) in [5.74, 6) is -8.88. The molecule has 47 heavy (non-hydrogen) atoms. The van der Waals surface area contributed by atoms with Gasteiger partial charge < -0.3 is 37.5 Å². The van der Waals surface area contributed by atoms with Gasteiger partial charge in [-0.15, -0.1) is 0 Å². The van der Waals surface area contributed by atoms with Crippen molar-refractivity contribution in [2.75, 3.05) is 20.6 Å². The molecule has 0 heterocycles. The van der Waals surface area contributed by atoms with Gasteiger partial charge in [0, 0.05) is 26.2 Å². The second-order valence-electron chi connectivity index (χ2n) is 11.8. The van der Waals surface area contributed by atoms with Crippen LogP contribution in [0, 0.1) is 17.2 Å². The first-order chi connectivity index (χ1) is 21.9. The van der Waals surface area contributed by atoms with Gasteiger partial charge in [0.1, 0.15) is 23.3 Å². The molecule has 17 heteroatoms. The summed E-state index contributed by atoms with van der Waals surface area (Å²) >= 11 is 0. The monoisotopic (exact) mass is 668 g/mol. The number of amidine groups is 1. The topological polar surface area (TPSA) is 236 Å². The average Bonchev–Trinajstić information content (AvgIpc) is 3.00. The molecule has 0 aliphatic heterocycles. The van der Waals surface area contributed by atoms with Gasteiger partial charge in [0.15, 0.2) is 5.96 Å². The van der Waals surface area contributed by atoms with Gasteiger partial charge in [0.2, 0.25) is 17.7 Å². The Bertz CT molecular complexity index is 1340. The number of benzene rings is 1. The standard InChI is InChI=1S/C30H43F3N8O6/c1-29(19-8-5-4-6-9-19,26(45)39-21(10-7-15-38-28(36)37)25(44)47-27(46)30(31,32)33)40-23(42)20(24(43)41(2)3)16-17-11-13-18(14-12-17)22(34)35/h11-14,19-21H,4-10,15-16H2,1-3H3,(H3,34,35)(H,39,45)(H,40,42)(H4,36,37,38)/t20?,21-,29-/m0/s1. The minimum absolute atomic E-state index is 0.00643. The number of hydrogen-bond donors (Lipinski definition) is 6. The number of halogens is 3. The van der Waals surface area contributed by atoms with Crippen LogP contribution >= 0.6 is 0 Å². The summed E-state index contributed by atoms with van der Waals surface area (Å²) in [5, 5.41) is 12.7. The third kappa shape index (κ3) is 11.2. The molecular formula is C30H43F3N8O6. The molecule has 1 unspecified atom stereocenters. The van der Waals surface area contributed by atoms with Crippen molar-refractivity contribution in [3.63, 3.8) is 0 Å². The van der Waals surface area contributed by atoms with E-state index >= 15 is 0 Å². The normalized spacial score (nSPS) is 16.0. The van der Waals surface area contributed by atoms with Gasteiger partial charge in [-0.25, -0.2) is 9.59 Å². The molecule has 0 aromatic heterocycles. The third-order valence-electron chi connectivity index (χ3n) is 8.00. The van der Waals surface area contributed by atoms with Crippen molar-refractivity contribution < 1.29 is 41.9 Å². The van der Waals surface area contributed by atoms with Crippen LogP contribution in [0.25, 0.3) is 0 Å². The number of nitrogens with one attached hydrogen (secondary N) is 3. The van der Waals surface area contributed by atoms with Gasteiger partial charge in [0.05, 0.1) is 0 Å². The Hall–Kier alpha value is -4.70. The van der Waals surface area contributed by atoms with Gasteiger partial charge in [-0.3, -0.25) is 24.8 Å². The lowest BCUT2D eigenvalue weighted by Crippen LogP contribution is -2.65. The minimum Gasteiger partial charge on any atom is -0.385 e. The molecule has 2 rings (SSSR count). The lowest BCUT2D eigenvalue weighted by atomic mass is 9.74. The molecule has 0 spiro atoms. The van der Waals surface area contributed by atoms with Crippen molar-refractivity contribution in [1.29, 1.82) is 5.41 Å². The summed E-state index contributed by atoms with van der Waals surface area (Å²) < 4.78 is 42.6. The van der Waals surface area contributed by atoms with Crippen molar-refractivity contribution in [2.24, 2.45) is 34.0 Å². The number of carbonyl (C=O) groups excluding carboxylic acids is 5. The van der Waals surface area contributed by atoms with E-state index in [1.54, 1.807) is 24.3 Å². The predicted molar refractivity (Wildman–Crippen MR) is 165 cm³/mol. The molecule has 0 radical (unpaired) electrons. The summed E-state index contributed by atoms with van der Waals surface area (Å²) in [7, 11) is 2.94. The van der Waals surface area contributed by atoms with E-state index in [0.717, 1.165) is 19.3 Å². The van der Waals surface area contributed by atoms with E-state index in [-0.39, 0.29) is 37.6 Å². The number of ether oxygens (including phenoxy) is 1. The van der Waals surface area contributed by atoms with Crippen molar-refractivity contribution in [3.8, 4) is 0 Å². The van der Waals surface area contributed by atoms with Crippen LogP contribution in [0.5, 0.6) is 0 Å². The second kappa shape index (κ2) is 16.7. The smallest absolute Gasteiger partial charge is 0.385 e. The number of nitrogens with two attached hydrogens (primary N) is 3. The Labute approximate surface area is 270 Å². The molecule has 1 aromatic carbocycles. The van der Waals surface area contributed by atoms with Crippen molar-refractivity contribution >= 4 is 41.5 Å². The van der Waals surface area contributed by atoms with Crippen molar-refractivity contribution in [2.45, 2.75) is 76.0 Å². The van der Waals surface area contributed by atoms with E-state index in [1.165, 1.54) is 25.9 Å². The maximum atomic E-state index is 14.0. The van der Waals surface area contributed by atoms with Gasteiger partial charge in [-0.1, -0.05) is 43.5 Å². The molecule has 1 aliphatic carbocycles. The zero-order valence-electron chi connectivity index (χ0n) is 26.6. The van der Waals surface area contributed by atoms with Crippen molar-refractivity contribution in [1.82, 2.24) is 15.5 Å². The minimum atomic E-state index is -5.46. The fraction of sp³-hybridized carbons (Fsp3) is 0.567. The highest BCUT2D eigenvalue weighted by atomic mass is 19.4. The number of aliphatic imine (C=N–C) groups is 1. The van der Waals surface area contributed by atoms with E-state index in [9.17, 15) is 37.1 Å². The lowest BCUT2D eigenvalue weighted by molar-refractivity contribution is -0.202. The van der Waals surface area contributed by atoms with E-state index in [1.807, 2.05) is 0 Å². The van der Waals surface area contributed by atoms with Gasteiger partial charge in [-0.2, -0.15) is 13.2 Å². The summed E-state index contributed by atoms with van der Waals surface area (Å²) in [5.41, 5.74) is 15.4. The molecule has 1 saturated carbocycles. The summed E-state index contributed by atoms with van der Waals surface area (Å²) in [6.45, 7) is 1.38. The maximum Gasteiger partial charge on any atom is 0.491 e. The van der Waals surface area contributed by atoms with Crippen LogP contribution in [0.1, 0.15) is 63.0 Å². The zero-order chi connectivity index (χ0) is 35.5. The summed E-state index contributed by atoms with van der Waals surface area (Å²) in [6, 6.07) is 4.65. The molecule has 1 aromatic rings. The molecule has 1 fully saturated rings. The average molecular weight is 669 g/mol. The van der Waals surface area contributed by atoms with Crippen LogP contribution in [0.15, 0.2) is 29.3 Å². The summed E-state index contributed by atoms with van der Waals surface area (Å²) in [6.07, 6.45) is -2.53. The zero-order valence-corrected chi connectivity index (χ0v) is 26.6. The van der Waals surface area contributed by atoms with Crippen LogP contribution in [0.4, 0.5) is 13.2 Å². The Morgan fingerprint density at radius 1 is 1.04 bits per heavy atom. The first-order valence-corrected chi connectivity index (χ1v) is 15.0. The summed E-state index contributed by atoms with van der Waals surface area (Å²) in [4.78, 5) is 70.2. The highest BCUT2D eigenvalue weighted by Gasteiger charge is 2.47. The molecular weight excluding hydrogens is 625 g/mol. The highest BCUT2D eigenvalue weighted by molar-refractivity contribution is 6.03. The number of alkyl halides is 3. The maximum absolute atomic E-state index is 14.0. The quantitative estimate of drug-likeness (QED) is 0.0541. The highest BCUT2D eigenvalue weighted by Crippen LogP contribution is 2.34. The Balaban J connectivity index is 2.43. The Morgan fingerprint density at radius 2 is 1.64 bits per heavy atom. The number of nitrogen functional groups attached to an aromatic ring is 1. The molecule has 14 nitrogen and oxygen atoms in total. The van der Waals surface area contributed by atoms with E-state index < -0.39 is 59.3 Å². The largest absolute Gasteiger partial charge is 0.491 e. The van der Waals surface area contributed by atoms with Gasteiger partial charge >= 0.3 is 18.1 Å². The first kappa shape index (κ1) is 38.5. The molecule has 260 valence electrons. The Morgan fingerprint density at radius 3 is 2.15 bits per heavy atom. The lowest BCUT2D eigenvalue weighted by Gasteiger charge is -2.40. The number of carbonyl (C=O) groups is 5. The third-order valence-corrected chi connectivity index (χ3v) is 8.00. The number of guanidine groups is 1. The van der Waals surface area contributed by atoms with Crippen LogP contribution in [-0.4, -0.2) is 84.8 Å². The fourth-order valence-corrected chi connectivity index (χ4v) is 5.31. The van der Waals surface area contributed by atoms with Gasteiger partial charge in [0.25, 0.3) is 0 Å². The molecule has 0 bridgehead atoms. The van der Waals surface area contributed by atoms with E-state index in [4.69, 9.17) is 22.6 Å². The number of amides is 3. The number of rotatable bonds is 14. The molecule has 3 atom stereocenters. The van der Waals surface area contributed by atoms with Crippen LogP contribution < -0.4 is 27.8 Å². The first-order valence-electron chi connectivity index (χ1n) is 15.0. The van der Waals surface area contributed by atoms with Crippen LogP contribution in [-0.2, 0) is 35.1 Å². The second-order valence-corrected chi connectivity index (χ2v) is 11.8. The Kier molecular flexibility index (Phi) is 13.7. The fourth-order valence-electron chi connectivity index (χ4n) is 5.31. The molecule has 0 saturated heterocycles. The van der Waals surface area contributed by atoms with Gasteiger partial charge in [-0.05, 0) is 50.5 Å². The number of nitrogens with zero attached hydrogens (tertiary/aromatic N) is 2. The van der Waals surface area contributed by atoms with Crippen LogP contribution in [0.2, 0.25) is 0 Å². The molecule has 3 amide bonds. The predicted octanol–water partition coefficient (Wildman–Crippen LogP) is 0.843. The molecule has 1 aliphatic rings. The van der Waals surface area contributed by atoms with Crippen LogP contribution in [0.3, 0.4) is 0 Å². The van der Waals surface area contributed by atoms with E-state index in [0.29, 0.717) is 24.0 Å². The number of hydrogen-bond acceptors (Lipinski definition) is 8. The SMILES string of the molecule is CN(C)C(=O)C(Cc1ccc(C(=N)N)cc1)C(=O)N[C@](C)(C(=O)N[C@@H](CCCN=C(N)N)C(=O)OC(=O)C(F)(F)F)C1CCCCC1. The van der Waals surface area contributed by atoms with E-state index in [2.05, 4.69) is 20.4 Å². The van der Waals surface area contributed by atoms with Crippen molar-refractivity contribution in [3.05, 3.63) is 35.4 Å². The number of esters is 2. The molecule has 9 N–H and O–H groups in total.